The minimum atomic E-state index is -0.636. The molecule has 3 rings (SSSR count). The first-order valence-corrected chi connectivity index (χ1v) is 7.10. The van der Waals surface area contributed by atoms with Crippen LogP contribution in [0.25, 0.3) is 0 Å². The Morgan fingerprint density at radius 1 is 1.26 bits per heavy atom. The molecule has 1 aliphatic heterocycles. The number of nitrogens with one attached hydrogen (secondary N) is 1. The number of amides is 1. The molecule has 1 unspecified atom stereocenters. The number of benzene rings is 1. The van der Waals surface area contributed by atoms with E-state index in [1.54, 1.807) is 11.3 Å². The summed E-state index contributed by atoms with van der Waals surface area (Å²) in [6.07, 6.45) is -0.636. The molecule has 1 aromatic heterocycles. The molecular formula is C15H15NO2S. The van der Waals surface area contributed by atoms with Gasteiger partial charge in [0.15, 0.2) is 0 Å². The largest absolute Gasteiger partial charge is 0.384 e. The molecule has 0 bridgehead atoms. The summed E-state index contributed by atoms with van der Waals surface area (Å²) in [4.78, 5) is 11.9. The zero-order valence-electron chi connectivity index (χ0n) is 10.8. The van der Waals surface area contributed by atoms with Crippen LogP contribution in [0.15, 0.2) is 35.0 Å². The van der Waals surface area contributed by atoms with E-state index in [0.29, 0.717) is 0 Å². The molecule has 2 N–H and O–H groups in total. The Morgan fingerprint density at radius 2 is 2.05 bits per heavy atom. The summed E-state index contributed by atoms with van der Waals surface area (Å²) >= 11 is 1.56. The summed E-state index contributed by atoms with van der Waals surface area (Å²) < 4.78 is 0. The molecule has 1 aliphatic rings. The highest BCUT2D eigenvalue weighted by Gasteiger charge is 2.38. The van der Waals surface area contributed by atoms with Gasteiger partial charge in [-0.3, -0.25) is 4.79 Å². The van der Waals surface area contributed by atoms with Gasteiger partial charge in [0.1, 0.15) is 6.10 Å². The maximum atomic E-state index is 11.9. The maximum absolute atomic E-state index is 11.9. The fourth-order valence-electron chi connectivity index (χ4n) is 2.38. The van der Waals surface area contributed by atoms with E-state index in [2.05, 4.69) is 5.32 Å². The van der Waals surface area contributed by atoms with Crippen molar-refractivity contribution in [3.63, 3.8) is 0 Å². The highest BCUT2D eigenvalue weighted by molar-refractivity contribution is 7.07. The number of aliphatic hydroxyl groups is 1. The standard InChI is InChI=1S/C15H15NO2S/c1-15(2)11-7-9(3-4-12(11)16-14(15)18)13(17)10-5-6-19-8-10/h3-8,13,17H,1-2H3,(H,16,18). The number of carbonyl (C=O) groups excluding carboxylic acids is 1. The van der Waals surface area contributed by atoms with Crippen LogP contribution in [0.5, 0.6) is 0 Å². The fourth-order valence-corrected chi connectivity index (χ4v) is 3.06. The van der Waals surface area contributed by atoms with Crippen LogP contribution in [-0.2, 0) is 10.2 Å². The van der Waals surface area contributed by atoms with Crippen molar-refractivity contribution in [2.24, 2.45) is 0 Å². The first-order valence-electron chi connectivity index (χ1n) is 6.16. The molecule has 0 fully saturated rings. The molecule has 2 heterocycles. The van der Waals surface area contributed by atoms with E-state index in [-0.39, 0.29) is 5.91 Å². The van der Waals surface area contributed by atoms with Gasteiger partial charge in [0.25, 0.3) is 0 Å². The summed E-state index contributed by atoms with van der Waals surface area (Å²) in [7, 11) is 0. The van der Waals surface area contributed by atoms with Crippen LogP contribution in [0.2, 0.25) is 0 Å². The Kier molecular flexibility index (Phi) is 2.73. The van der Waals surface area contributed by atoms with E-state index in [0.717, 1.165) is 22.4 Å². The van der Waals surface area contributed by atoms with Crippen molar-refractivity contribution < 1.29 is 9.90 Å². The van der Waals surface area contributed by atoms with Crippen LogP contribution in [-0.4, -0.2) is 11.0 Å². The van der Waals surface area contributed by atoms with Gasteiger partial charge in [-0.2, -0.15) is 11.3 Å². The zero-order valence-corrected chi connectivity index (χ0v) is 11.6. The summed E-state index contributed by atoms with van der Waals surface area (Å²) in [5, 5.41) is 17.1. The molecule has 98 valence electrons. The third-order valence-corrected chi connectivity index (χ3v) is 4.41. The number of hydrogen-bond acceptors (Lipinski definition) is 3. The van der Waals surface area contributed by atoms with Crippen molar-refractivity contribution in [1.29, 1.82) is 0 Å². The molecular weight excluding hydrogens is 258 g/mol. The Bertz CT molecular complexity index is 632. The van der Waals surface area contributed by atoms with Gasteiger partial charge in [0.05, 0.1) is 5.41 Å². The number of aliphatic hydroxyl groups excluding tert-OH is 1. The predicted octanol–water partition coefficient (Wildman–Crippen LogP) is 3.06. The normalized spacial score (nSPS) is 17.9. The van der Waals surface area contributed by atoms with E-state index in [4.69, 9.17) is 0 Å². The number of hydrogen-bond donors (Lipinski definition) is 2. The van der Waals surface area contributed by atoms with Crippen LogP contribution < -0.4 is 5.32 Å². The van der Waals surface area contributed by atoms with E-state index in [9.17, 15) is 9.90 Å². The zero-order chi connectivity index (χ0) is 13.6. The second-order valence-corrected chi connectivity index (χ2v) is 6.12. The molecule has 4 heteroatoms. The molecule has 0 spiro atoms. The summed E-state index contributed by atoms with van der Waals surface area (Å²) in [6.45, 7) is 3.80. The van der Waals surface area contributed by atoms with Gasteiger partial charge < -0.3 is 10.4 Å². The first kappa shape index (κ1) is 12.4. The van der Waals surface area contributed by atoms with Crippen LogP contribution in [0.3, 0.4) is 0 Å². The smallest absolute Gasteiger partial charge is 0.234 e. The average molecular weight is 273 g/mol. The second kappa shape index (κ2) is 4.18. The van der Waals surface area contributed by atoms with Gasteiger partial charge in [-0.15, -0.1) is 0 Å². The molecule has 1 atom stereocenters. The highest BCUT2D eigenvalue weighted by atomic mass is 32.1. The predicted molar refractivity (Wildman–Crippen MR) is 76.5 cm³/mol. The molecule has 0 radical (unpaired) electrons. The van der Waals surface area contributed by atoms with Gasteiger partial charge in [-0.05, 0) is 59.5 Å². The Hall–Kier alpha value is -1.65. The van der Waals surface area contributed by atoms with Crippen molar-refractivity contribution in [2.75, 3.05) is 5.32 Å². The van der Waals surface area contributed by atoms with Gasteiger partial charge in [-0.1, -0.05) is 6.07 Å². The van der Waals surface area contributed by atoms with Gasteiger partial charge in [0, 0.05) is 5.69 Å². The van der Waals surface area contributed by atoms with Crippen LogP contribution >= 0.6 is 11.3 Å². The summed E-state index contributed by atoms with van der Waals surface area (Å²) in [6, 6.07) is 7.57. The van der Waals surface area contributed by atoms with Crippen molar-refractivity contribution in [3.8, 4) is 0 Å². The monoisotopic (exact) mass is 273 g/mol. The maximum Gasteiger partial charge on any atom is 0.234 e. The van der Waals surface area contributed by atoms with Crippen LogP contribution in [0.1, 0.15) is 36.6 Å². The molecule has 0 saturated heterocycles. The molecule has 1 aromatic carbocycles. The summed E-state index contributed by atoms with van der Waals surface area (Å²) in [5.41, 5.74) is 2.96. The van der Waals surface area contributed by atoms with Crippen LogP contribution in [0, 0.1) is 0 Å². The summed E-state index contributed by atoms with van der Waals surface area (Å²) in [5.74, 6) is 0.00433. The lowest BCUT2D eigenvalue weighted by atomic mass is 9.84. The second-order valence-electron chi connectivity index (χ2n) is 5.34. The number of anilines is 1. The topological polar surface area (TPSA) is 49.3 Å². The first-order chi connectivity index (χ1) is 9.00. The van der Waals surface area contributed by atoms with Crippen molar-refractivity contribution >= 4 is 22.9 Å². The Labute approximate surface area is 115 Å². The molecule has 3 nitrogen and oxygen atoms in total. The Balaban J connectivity index is 2.04. The van der Waals surface area contributed by atoms with Crippen molar-refractivity contribution in [2.45, 2.75) is 25.4 Å². The minimum absolute atomic E-state index is 0.00433. The van der Waals surface area contributed by atoms with Crippen molar-refractivity contribution in [3.05, 3.63) is 51.7 Å². The quantitative estimate of drug-likeness (QED) is 0.883. The lowest BCUT2D eigenvalue weighted by Gasteiger charge is -2.17. The number of rotatable bonds is 2. The molecule has 0 aliphatic carbocycles. The fraction of sp³-hybridized carbons (Fsp3) is 0.267. The highest BCUT2D eigenvalue weighted by Crippen LogP contribution is 2.39. The van der Waals surface area contributed by atoms with E-state index < -0.39 is 11.5 Å². The van der Waals surface area contributed by atoms with E-state index in [1.807, 2.05) is 48.9 Å². The minimum Gasteiger partial charge on any atom is -0.384 e. The molecule has 0 saturated carbocycles. The van der Waals surface area contributed by atoms with E-state index in [1.165, 1.54) is 0 Å². The van der Waals surface area contributed by atoms with Crippen LogP contribution in [0.4, 0.5) is 5.69 Å². The van der Waals surface area contributed by atoms with Crippen molar-refractivity contribution in [1.82, 2.24) is 0 Å². The van der Waals surface area contributed by atoms with Gasteiger partial charge in [-0.25, -0.2) is 0 Å². The van der Waals surface area contributed by atoms with E-state index >= 15 is 0 Å². The van der Waals surface area contributed by atoms with Gasteiger partial charge >= 0.3 is 0 Å². The number of thiophene rings is 1. The number of fused-ring (bicyclic) bond motifs is 1. The Morgan fingerprint density at radius 3 is 2.74 bits per heavy atom. The lowest BCUT2D eigenvalue weighted by molar-refractivity contribution is -0.119. The lowest BCUT2D eigenvalue weighted by Crippen LogP contribution is -2.26. The third-order valence-electron chi connectivity index (χ3n) is 3.71. The molecule has 19 heavy (non-hydrogen) atoms. The van der Waals surface area contributed by atoms with Gasteiger partial charge in [0.2, 0.25) is 5.91 Å². The SMILES string of the molecule is CC1(C)C(=O)Nc2ccc(C(O)c3ccsc3)cc21. The molecule has 1 amide bonds. The molecule has 2 aromatic rings. The average Bonchev–Trinajstić information content (AvgIpc) is 2.98. The number of carbonyl (C=O) groups is 1. The third kappa shape index (κ3) is 1.88.